The van der Waals surface area contributed by atoms with Crippen LogP contribution in [0, 0.1) is 17.5 Å². The number of aromatic nitrogens is 2. The minimum absolute atomic E-state index is 0.0445. The van der Waals surface area contributed by atoms with Crippen LogP contribution in [0.25, 0.3) is 0 Å². The second kappa shape index (κ2) is 6.88. The van der Waals surface area contributed by atoms with Gasteiger partial charge in [0.05, 0.1) is 11.3 Å². The molecular formula is C14H13F3N4O. The van der Waals surface area contributed by atoms with Crippen LogP contribution in [0.4, 0.5) is 24.8 Å². The molecule has 0 fully saturated rings. The SMILES string of the molecule is CCCNC(=O)c1cnc(Nc2ccc(F)c(F)c2F)nc1. The third kappa shape index (κ3) is 3.51. The maximum absolute atomic E-state index is 13.5. The van der Waals surface area contributed by atoms with Gasteiger partial charge in [-0.2, -0.15) is 0 Å². The Balaban J connectivity index is 2.12. The molecule has 0 bridgehead atoms. The first-order valence-corrected chi connectivity index (χ1v) is 6.53. The summed E-state index contributed by atoms with van der Waals surface area (Å²) in [5.74, 6) is -4.61. The van der Waals surface area contributed by atoms with E-state index >= 15 is 0 Å². The van der Waals surface area contributed by atoms with E-state index in [1.165, 1.54) is 12.4 Å². The summed E-state index contributed by atoms with van der Waals surface area (Å²) in [5, 5.41) is 5.06. The number of rotatable bonds is 5. The highest BCUT2D eigenvalue weighted by Crippen LogP contribution is 2.21. The first kappa shape index (κ1) is 15.7. The standard InChI is InChI=1S/C14H13F3N4O/c1-2-5-18-13(22)8-6-19-14(20-7-8)21-10-4-3-9(15)11(16)12(10)17/h3-4,6-7H,2,5H2,1H3,(H,18,22)(H,19,20,21). The van der Waals surface area contributed by atoms with Crippen LogP contribution in [-0.2, 0) is 0 Å². The maximum atomic E-state index is 13.5. The Kier molecular flexibility index (Phi) is 4.92. The lowest BCUT2D eigenvalue weighted by molar-refractivity contribution is 0.0953. The Hall–Kier alpha value is -2.64. The summed E-state index contributed by atoms with van der Waals surface area (Å²) in [6, 6.07) is 1.81. The van der Waals surface area contributed by atoms with Gasteiger partial charge in [-0.25, -0.2) is 23.1 Å². The Morgan fingerprint density at radius 3 is 2.45 bits per heavy atom. The molecule has 0 aliphatic carbocycles. The van der Waals surface area contributed by atoms with Crippen LogP contribution < -0.4 is 10.6 Å². The van der Waals surface area contributed by atoms with Gasteiger partial charge in [0.1, 0.15) is 0 Å². The molecule has 2 rings (SSSR count). The first-order chi connectivity index (χ1) is 10.5. The number of carbonyl (C=O) groups excluding carboxylic acids is 1. The number of anilines is 2. The van der Waals surface area contributed by atoms with Crippen molar-refractivity contribution in [2.75, 3.05) is 11.9 Å². The molecule has 2 N–H and O–H groups in total. The van der Waals surface area contributed by atoms with Crippen LogP contribution in [0.2, 0.25) is 0 Å². The summed E-state index contributed by atoms with van der Waals surface area (Å²) in [7, 11) is 0. The van der Waals surface area contributed by atoms with Crippen molar-refractivity contribution in [2.45, 2.75) is 13.3 Å². The molecule has 8 heteroatoms. The fraction of sp³-hybridized carbons (Fsp3) is 0.214. The minimum Gasteiger partial charge on any atom is -0.352 e. The summed E-state index contributed by atoms with van der Waals surface area (Å²) in [5.41, 5.74) is -0.0631. The predicted molar refractivity (Wildman–Crippen MR) is 74.3 cm³/mol. The number of hydrogen-bond donors (Lipinski definition) is 2. The molecule has 22 heavy (non-hydrogen) atoms. The second-order valence-corrected chi connectivity index (χ2v) is 4.40. The lowest BCUT2D eigenvalue weighted by Gasteiger charge is -2.07. The number of hydrogen-bond acceptors (Lipinski definition) is 4. The van der Waals surface area contributed by atoms with E-state index in [0.717, 1.165) is 18.6 Å². The highest BCUT2D eigenvalue weighted by Gasteiger charge is 2.14. The average Bonchev–Trinajstić information content (AvgIpc) is 2.54. The number of benzene rings is 1. The van der Waals surface area contributed by atoms with Crippen LogP contribution in [-0.4, -0.2) is 22.4 Å². The van der Waals surface area contributed by atoms with Crippen molar-refractivity contribution in [3.05, 3.63) is 47.5 Å². The van der Waals surface area contributed by atoms with Crippen LogP contribution >= 0.6 is 0 Å². The number of nitrogens with one attached hydrogen (secondary N) is 2. The van der Waals surface area contributed by atoms with Gasteiger partial charge in [0.25, 0.3) is 5.91 Å². The highest BCUT2D eigenvalue weighted by atomic mass is 19.2. The summed E-state index contributed by atoms with van der Waals surface area (Å²) >= 11 is 0. The lowest BCUT2D eigenvalue weighted by atomic mass is 10.3. The minimum atomic E-state index is -1.58. The van der Waals surface area contributed by atoms with Crippen molar-refractivity contribution in [3.63, 3.8) is 0 Å². The van der Waals surface area contributed by atoms with Gasteiger partial charge in [-0.05, 0) is 18.6 Å². The van der Waals surface area contributed by atoms with Crippen molar-refractivity contribution in [1.82, 2.24) is 15.3 Å². The van der Waals surface area contributed by atoms with Crippen molar-refractivity contribution < 1.29 is 18.0 Å². The highest BCUT2D eigenvalue weighted by molar-refractivity contribution is 5.93. The summed E-state index contributed by atoms with van der Waals surface area (Å²) < 4.78 is 39.4. The predicted octanol–water partition coefficient (Wildman–Crippen LogP) is 2.78. The van der Waals surface area contributed by atoms with E-state index in [1.54, 1.807) is 0 Å². The zero-order valence-electron chi connectivity index (χ0n) is 11.7. The van der Waals surface area contributed by atoms with E-state index in [2.05, 4.69) is 20.6 Å². The molecule has 0 aliphatic rings. The molecule has 0 radical (unpaired) electrons. The van der Waals surface area contributed by atoms with Crippen molar-refractivity contribution in [2.24, 2.45) is 0 Å². The zero-order valence-corrected chi connectivity index (χ0v) is 11.7. The van der Waals surface area contributed by atoms with Gasteiger partial charge in [-0.3, -0.25) is 4.79 Å². The molecule has 0 saturated carbocycles. The fourth-order valence-corrected chi connectivity index (χ4v) is 1.59. The number of carbonyl (C=O) groups is 1. The monoisotopic (exact) mass is 310 g/mol. The summed E-state index contributed by atoms with van der Waals surface area (Å²) in [6.45, 7) is 2.44. The van der Waals surface area contributed by atoms with Gasteiger partial charge in [0.2, 0.25) is 5.95 Å². The van der Waals surface area contributed by atoms with E-state index in [1.807, 2.05) is 6.92 Å². The van der Waals surface area contributed by atoms with E-state index in [9.17, 15) is 18.0 Å². The average molecular weight is 310 g/mol. The molecule has 116 valence electrons. The second-order valence-electron chi connectivity index (χ2n) is 4.40. The Labute approximate surface area is 124 Å². The van der Waals surface area contributed by atoms with Crippen LogP contribution in [0.5, 0.6) is 0 Å². The molecule has 5 nitrogen and oxygen atoms in total. The van der Waals surface area contributed by atoms with Gasteiger partial charge < -0.3 is 10.6 Å². The van der Waals surface area contributed by atoms with Crippen molar-refractivity contribution in [1.29, 1.82) is 0 Å². The van der Waals surface area contributed by atoms with Gasteiger partial charge >= 0.3 is 0 Å². The number of halogens is 3. The largest absolute Gasteiger partial charge is 0.352 e. The third-order valence-corrected chi connectivity index (χ3v) is 2.73. The smallest absolute Gasteiger partial charge is 0.254 e. The fourth-order valence-electron chi connectivity index (χ4n) is 1.59. The molecule has 0 unspecified atom stereocenters. The molecular weight excluding hydrogens is 297 g/mol. The lowest BCUT2D eigenvalue weighted by Crippen LogP contribution is -2.24. The molecule has 0 saturated heterocycles. The van der Waals surface area contributed by atoms with Gasteiger partial charge in [-0.15, -0.1) is 0 Å². The van der Waals surface area contributed by atoms with Gasteiger partial charge in [0, 0.05) is 18.9 Å². The quantitative estimate of drug-likeness (QED) is 0.833. The molecule has 0 atom stereocenters. The molecule has 0 aliphatic heterocycles. The summed E-state index contributed by atoms with van der Waals surface area (Å²) in [6.07, 6.45) is 3.29. The Morgan fingerprint density at radius 2 is 1.82 bits per heavy atom. The molecule has 2 aromatic rings. The van der Waals surface area contributed by atoms with E-state index < -0.39 is 17.5 Å². The zero-order chi connectivity index (χ0) is 16.1. The van der Waals surface area contributed by atoms with Crippen LogP contribution in [0.3, 0.4) is 0 Å². The van der Waals surface area contributed by atoms with Gasteiger partial charge in [-0.1, -0.05) is 6.92 Å². The summed E-state index contributed by atoms with van der Waals surface area (Å²) in [4.78, 5) is 19.3. The molecule has 1 heterocycles. The normalized spacial score (nSPS) is 10.4. The topological polar surface area (TPSA) is 66.9 Å². The maximum Gasteiger partial charge on any atom is 0.254 e. The molecule has 1 amide bonds. The number of nitrogens with zero attached hydrogens (tertiary/aromatic N) is 2. The van der Waals surface area contributed by atoms with Crippen molar-refractivity contribution >= 4 is 17.5 Å². The van der Waals surface area contributed by atoms with E-state index in [-0.39, 0.29) is 23.1 Å². The third-order valence-electron chi connectivity index (χ3n) is 2.73. The molecule has 0 spiro atoms. The van der Waals surface area contributed by atoms with Gasteiger partial charge in [0.15, 0.2) is 17.5 Å². The van der Waals surface area contributed by atoms with E-state index in [0.29, 0.717) is 6.54 Å². The Morgan fingerprint density at radius 1 is 1.14 bits per heavy atom. The Bertz CT molecular complexity index is 677. The molecule has 1 aromatic heterocycles. The van der Waals surface area contributed by atoms with Crippen molar-refractivity contribution in [3.8, 4) is 0 Å². The first-order valence-electron chi connectivity index (χ1n) is 6.53. The van der Waals surface area contributed by atoms with E-state index in [4.69, 9.17) is 0 Å². The van der Waals surface area contributed by atoms with Crippen LogP contribution in [0.1, 0.15) is 23.7 Å². The van der Waals surface area contributed by atoms with Crippen LogP contribution in [0.15, 0.2) is 24.5 Å². The molecule has 1 aromatic carbocycles. The number of amides is 1.